The highest BCUT2D eigenvalue weighted by Crippen LogP contribution is 2.33. The fourth-order valence-corrected chi connectivity index (χ4v) is 4.62. The van der Waals surface area contributed by atoms with Crippen LogP contribution in [0.3, 0.4) is 0 Å². The van der Waals surface area contributed by atoms with E-state index in [1.807, 2.05) is 12.4 Å². The Bertz CT molecular complexity index is 974. The Morgan fingerprint density at radius 3 is 2.72 bits per heavy atom. The van der Waals surface area contributed by atoms with Gasteiger partial charge in [0.25, 0.3) is 0 Å². The Kier molecular flexibility index (Phi) is 5.04. The molecular formula is C23H28N6. The summed E-state index contributed by atoms with van der Waals surface area (Å²) in [5.41, 5.74) is 12.5. The normalized spacial score (nSPS) is 17.9. The third-order valence-corrected chi connectivity index (χ3v) is 6.24. The molecule has 3 aromatic rings. The van der Waals surface area contributed by atoms with Gasteiger partial charge in [0, 0.05) is 48.7 Å². The van der Waals surface area contributed by atoms with Gasteiger partial charge in [-0.1, -0.05) is 30.3 Å². The summed E-state index contributed by atoms with van der Waals surface area (Å²) in [4.78, 5) is 6.99. The maximum absolute atomic E-state index is 6.30. The molecule has 1 aromatic carbocycles. The molecule has 0 atom stereocenters. The van der Waals surface area contributed by atoms with Crippen LogP contribution in [-0.2, 0) is 19.5 Å². The number of hydrogen-bond acceptors (Lipinski definition) is 5. The smallest absolute Gasteiger partial charge is 0.128 e. The van der Waals surface area contributed by atoms with Crippen LogP contribution >= 0.6 is 0 Å². The predicted octanol–water partition coefficient (Wildman–Crippen LogP) is 3.01. The van der Waals surface area contributed by atoms with Gasteiger partial charge in [0.05, 0.1) is 12.2 Å². The number of anilines is 1. The molecule has 2 aliphatic rings. The fourth-order valence-electron chi connectivity index (χ4n) is 4.62. The van der Waals surface area contributed by atoms with Gasteiger partial charge in [0.1, 0.15) is 5.82 Å². The molecule has 2 aromatic heterocycles. The number of nitrogens with one attached hydrogen (secondary N) is 1. The lowest BCUT2D eigenvalue weighted by atomic mass is 9.93. The first-order chi connectivity index (χ1) is 14.3. The van der Waals surface area contributed by atoms with E-state index in [1.165, 1.54) is 22.3 Å². The van der Waals surface area contributed by atoms with Crippen LogP contribution < -0.4 is 11.1 Å². The third-order valence-electron chi connectivity index (χ3n) is 6.24. The summed E-state index contributed by atoms with van der Waals surface area (Å²) in [5, 5.41) is 8.10. The second kappa shape index (κ2) is 7.97. The molecular weight excluding hydrogens is 360 g/mol. The van der Waals surface area contributed by atoms with Crippen molar-refractivity contribution < 1.29 is 0 Å². The summed E-state index contributed by atoms with van der Waals surface area (Å²) < 4.78 is 2.14. The molecule has 0 unspecified atom stereocenters. The summed E-state index contributed by atoms with van der Waals surface area (Å²) in [7, 11) is 0. The van der Waals surface area contributed by atoms with Crippen molar-refractivity contribution in [2.75, 3.05) is 25.4 Å². The van der Waals surface area contributed by atoms with E-state index >= 15 is 0 Å². The molecule has 6 heteroatoms. The molecule has 3 N–H and O–H groups in total. The number of nitrogens with two attached hydrogens (primary N) is 1. The molecule has 6 nitrogen and oxygen atoms in total. The van der Waals surface area contributed by atoms with Crippen LogP contribution in [0.15, 0.2) is 48.9 Å². The minimum absolute atomic E-state index is 0.490. The number of aromatic nitrogens is 3. The van der Waals surface area contributed by atoms with E-state index in [2.05, 4.69) is 61.5 Å². The molecule has 0 aliphatic carbocycles. The van der Waals surface area contributed by atoms with E-state index in [-0.39, 0.29) is 0 Å². The number of pyridine rings is 1. The first-order valence-corrected chi connectivity index (χ1v) is 10.6. The summed E-state index contributed by atoms with van der Waals surface area (Å²) in [5.74, 6) is 0.659. The maximum atomic E-state index is 6.30. The van der Waals surface area contributed by atoms with Crippen LogP contribution in [0.5, 0.6) is 0 Å². The van der Waals surface area contributed by atoms with Gasteiger partial charge in [-0.05, 0) is 43.5 Å². The molecule has 0 amide bonds. The summed E-state index contributed by atoms with van der Waals surface area (Å²) >= 11 is 0. The topological polar surface area (TPSA) is 72.0 Å². The molecule has 1 fully saturated rings. The highest BCUT2D eigenvalue weighted by atomic mass is 15.3. The van der Waals surface area contributed by atoms with E-state index in [0.29, 0.717) is 11.9 Å². The van der Waals surface area contributed by atoms with Gasteiger partial charge in [-0.15, -0.1) is 0 Å². The lowest BCUT2D eigenvalue weighted by Gasteiger charge is -2.30. The number of nitrogens with zero attached hydrogens (tertiary/aromatic N) is 4. The van der Waals surface area contributed by atoms with Gasteiger partial charge in [-0.25, -0.2) is 4.98 Å². The van der Waals surface area contributed by atoms with Crippen LogP contribution in [0.25, 0.3) is 11.1 Å². The zero-order valence-corrected chi connectivity index (χ0v) is 16.7. The SMILES string of the molecule is Nc1ncc(-c2cnn(C3CCNCC3)c2)c2c1CN(Cc1ccccc1)CC2. The number of hydrogen-bond donors (Lipinski definition) is 2. The van der Waals surface area contributed by atoms with Gasteiger partial charge in [0.2, 0.25) is 0 Å². The highest BCUT2D eigenvalue weighted by Gasteiger charge is 2.24. The summed E-state index contributed by atoms with van der Waals surface area (Å²) in [6.07, 6.45) is 9.38. The number of benzene rings is 1. The van der Waals surface area contributed by atoms with Gasteiger partial charge < -0.3 is 11.1 Å². The van der Waals surface area contributed by atoms with Gasteiger partial charge in [-0.3, -0.25) is 9.58 Å². The van der Waals surface area contributed by atoms with Crippen molar-refractivity contribution in [1.29, 1.82) is 0 Å². The summed E-state index contributed by atoms with van der Waals surface area (Å²) in [6.45, 7) is 4.95. The molecule has 5 rings (SSSR count). The Morgan fingerprint density at radius 2 is 1.90 bits per heavy atom. The maximum Gasteiger partial charge on any atom is 0.128 e. The largest absolute Gasteiger partial charge is 0.383 e. The van der Waals surface area contributed by atoms with Crippen LogP contribution in [0.1, 0.15) is 35.6 Å². The van der Waals surface area contributed by atoms with E-state index < -0.39 is 0 Å². The van der Waals surface area contributed by atoms with Crippen molar-refractivity contribution in [3.8, 4) is 11.1 Å². The first kappa shape index (κ1) is 18.3. The molecule has 0 bridgehead atoms. The molecule has 150 valence electrons. The third kappa shape index (κ3) is 3.78. The number of fused-ring (bicyclic) bond motifs is 1. The molecule has 0 saturated carbocycles. The number of piperidine rings is 1. The van der Waals surface area contributed by atoms with Crippen molar-refractivity contribution >= 4 is 5.82 Å². The van der Waals surface area contributed by atoms with E-state index in [4.69, 9.17) is 5.73 Å². The lowest BCUT2D eigenvalue weighted by Crippen LogP contribution is -2.31. The number of rotatable bonds is 4. The van der Waals surface area contributed by atoms with Crippen LogP contribution in [0.4, 0.5) is 5.82 Å². The van der Waals surface area contributed by atoms with Gasteiger partial charge >= 0.3 is 0 Å². The van der Waals surface area contributed by atoms with Gasteiger partial charge in [-0.2, -0.15) is 5.10 Å². The quantitative estimate of drug-likeness (QED) is 0.719. The number of nitrogen functional groups attached to an aromatic ring is 1. The second-order valence-corrected chi connectivity index (χ2v) is 8.15. The Hall–Kier alpha value is -2.70. The minimum atomic E-state index is 0.490. The van der Waals surface area contributed by atoms with Crippen molar-refractivity contribution in [2.45, 2.75) is 38.4 Å². The molecule has 2 aliphatic heterocycles. The van der Waals surface area contributed by atoms with Crippen LogP contribution in [0, 0.1) is 0 Å². The van der Waals surface area contributed by atoms with E-state index in [0.717, 1.165) is 57.5 Å². The molecule has 0 spiro atoms. The van der Waals surface area contributed by atoms with Crippen molar-refractivity contribution in [3.05, 3.63) is 65.6 Å². The van der Waals surface area contributed by atoms with Gasteiger partial charge in [0.15, 0.2) is 0 Å². The first-order valence-electron chi connectivity index (χ1n) is 10.6. The Morgan fingerprint density at radius 1 is 1.07 bits per heavy atom. The Labute approximate surface area is 171 Å². The zero-order chi connectivity index (χ0) is 19.6. The zero-order valence-electron chi connectivity index (χ0n) is 16.7. The highest BCUT2D eigenvalue weighted by molar-refractivity contribution is 5.69. The van der Waals surface area contributed by atoms with E-state index in [1.54, 1.807) is 0 Å². The summed E-state index contributed by atoms with van der Waals surface area (Å²) in [6, 6.07) is 11.1. The monoisotopic (exact) mass is 388 g/mol. The molecule has 1 saturated heterocycles. The van der Waals surface area contributed by atoms with Crippen molar-refractivity contribution in [1.82, 2.24) is 25.0 Å². The average Bonchev–Trinajstić information content (AvgIpc) is 3.26. The van der Waals surface area contributed by atoms with Crippen molar-refractivity contribution in [2.24, 2.45) is 0 Å². The minimum Gasteiger partial charge on any atom is -0.383 e. The molecule has 4 heterocycles. The van der Waals surface area contributed by atoms with Crippen LogP contribution in [0.2, 0.25) is 0 Å². The predicted molar refractivity (Wildman–Crippen MR) is 115 cm³/mol. The van der Waals surface area contributed by atoms with Crippen LogP contribution in [-0.4, -0.2) is 39.3 Å². The Balaban J connectivity index is 1.40. The second-order valence-electron chi connectivity index (χ2n) is 8.15. The molecule has 0 radical (unpaired) electrons. The van der Waals surface area contributed by atoms with Crippen molar-refractivity contribution in [3.63, 3.8) is 0 Å². The lowest BCUT2D eigenvalue weighted by molar-refractivity contribution is 0.246. The molecule has 29 heavy (non-hydrogen) atoms. The standard InChI is InChI=1S/C23H28N6/c24-23-22-16-28(14-17-4-2-1-3-5-17)11-8-20(22)21(13-26-23)18-12-27-29(15-18)19-6-9-25-10-7-19/h1-5,12-13,15,19,25H,6-11,14,16H2,(H2,24,26). The van der Waals surface area contributed by atoms with E-state index in [9.17, 15) is 0 Å². The average molecular weight is 389 g/mol. The fraction of sp³-hybridized carbons (Fsp3) is 0.391.